The summed E-state index contributed by atoms with van der Waals surface area (Å²) in [6.07, 6.45) is 0. The molecule has 2 aromatic carbocycles. The number of hydrogen-bond acceptors (Lipinski definition) is 2. The maximum absolute atomic E-state index is 13.3. The lowest BCUT2D eigenvalue weighted by atomic mass is 10.3. The molecule has 0 amide bonds. The highest BCUT2D eigenvalue weighted by atomic mass is 79.9. The summed E-state index contributed by atoms with van der Waals surface area (Å²) in [5, 5.41) is 0.0387. The Bertz CT molecular complexity index is 562. The van der Waals surface area contributed by atoms with E-state index in [4.69, 9.17) is 22.1 Å². The second-order valence-electron chi connectivity index (χ2n) is 3.37. The molecular weight excluding hydrogens is 308 g/mol. The van der Waals surface area contributed by atoms with Crippen molar-refractivity contribution >= 4 is 33.2 Å². The normalized spacial score (nSPS) is 10.3. The molecule has 0 saturated carbocycles. The molecule has 2 N–H and O–H groups in total. The molecule has 0 aliphatic heterocycles. The van der Waals surface area contributed by atoms with Gasteiger partial charge in [0.25, 0.3) is 0 Å². The molecule has 0 saturated heterocycles. The van der Waals surface area contributed by atoms with Crippen molar-refractivity contribution in [3.63, 3.8) is 0 Å². The Labute approximate surface area is 111 Å². The molecule has 2 aromatic rings. The molecular formula is C12H8BrClFNO. The summed E-state index contributed by atoms with van der Waals surface area (Å²) in [6.45, 7) is 0. The fraction of sp³-hybridized carbons (Fsp3) is 0. The number of nitrogens with two attached hydrogens (primary N) is 1. The second kappa shape index (κ2) is 4.94. The van der Waals surface area contributed by atoms with Crippen LogP contribution in [0.3, 0.4) is 0 Å². The average molecular weight is 317 g/mol. The van der Waals surface area contributed by atoms with E-state index in [1.54, 1.807) is 24.3 Å². The Morgan fingerprint density at radius 3 is 2.71 bits per heavy atom. The molecule has 5 heteroatoms. The Kier molecular flexibility index (Phi) is 3.54. The lowest BCUT2D eigenvalue weighted by molar-refractivity contribution is 0.474. The Morgan fingerprint density at radius 1 is 1.24 bits per heavy atom. The third-order valence-corrected chi connectivity index (χ3v) is 2.97. The molecule has 0 aliphatic carbocycles. The van der Waals surface area contributed by atoms with E-state index in [1.165, 1.54) is 12.1 Å². The van der Waals surface area contributed by atoms with Crippen molar-refractivity contribution in [3.8, 4) is 11.5 Å². The number of nitrogen functional groups attached to an aromatic ring is 1. The quantitative estimate of drug-likeness (QED) is 0.648. The van der Waals surface area contributed by atoms with Gasteiger partial charge in [0.1, 0.15) is 17.3 Å². The van der Waals surface area contributed by atoms with Gasteiger partial charge in [0.15, 0.2) is 0 Å². The summed E-state index contributed by atoms with van der Waals surface area (Å²) in [5.74, 6) is 0.346. The van der Waals surface area contributed by atoms with Crippen molar-refractivity contribution in [2.75, 3.05) is 5.73 Å². The SMILES string of the molecule is Nc1cccc(Oc2cc(F)c(Cl)cc2Br)c1. The highest BCUT2D eigenvalue weighted by Gasteiger charge is 2.08. The predicted molar refractivity (Wildman–Crippen MR) is 70.0 cm³/mol. The fourth-order valence-electron chi connectivity index (χ4n) is 1.29. The minimum atomic E-state index is -0.534. The van der Waals surface area contributed by atoms with E-state index >= 15 is 0 Å². The molecule has 0 aliphatic rings. The summed E-state index contributed by atoms with van der Waals surface area (Å²) < 4.78 is 19.4. The molecule has 0 unspecified atom stereocenters. The third-order valence-electron chi connectivity index (χ3n) is 2.06. The van der Waals surface area contributed by atoms with E-state index in [0.717, 1.165) is 0 Å². The minimum absolute atomic E-state index is 0.0387. The van der Waals surface area contributed by atoms with E-state index in [-0.39, 0.29) is 5.02 Å². The van der Waals surface area contributed by atoms with Gasteiger partial charge < -0.3 is 10.5 Å². The number of halogens is 3. The lowest BCUT2D eigenvalue weighted by Gasteiger charge is -2.09. The predicted octanol–water partition coefficient (Wildman–Crippen LogP) is 4.62. The van der Waals surface area contributed by atoms with Crippen LogP contribution in [0.2, 0.25) is 5.02 Å². The van der Waals surface area contributed by atoms with Crippen LogP contribution in [0.15, 0.2) is 40.9 Å². The molecule has 0 fully saturated rings. The first-order valence-electron chi connectivity index (χ1n) is 4.74. The van der Waals surface area contributed by atoms with Crippen LogP contribution in [0.25, 0.3) is 0 Å². The van der Waals surface area contributed by atoms with Crippen LogP contribution < -0.4 is 10.5 Å². The summed E-state index contributed by atoms with van der Waals surface area (Å²) in [4.78, 5) is 0. The van der Waals surface area contributed by atoms with Crippen molar-refractivity contribution in [3.05, 3.63) is 51.7 Å². The van der Waals surface area contributed by atoms with E-state index in [2.05, 4.69) is 15.9 Å². The van der Waals surface area contributed by atoms with E-state index < -0.39 is 5.82 Å². The summed E-state index contributed by atoms with van der Waals surface area (Å²) in [7, 11) is 0. The van der Waals surface area contributed by atoms with Gasteiger partial charge >= 0.3 is 0 Å². The molecule has 0 bridgehead atoms. The number of hydrogen-bond donors (Lipinski definition) is 1. The van der Waals surface area contributed by atoms with Crippen molar-refractivity contribution in [2.45, 2.75) is 0 Å². The zero-order valence-electron chi connectivity index (χ0n) is 8.58. The van der Waals surface area contributed by atoms with Crippen molar-refractivity contribution in [2.24, 2.45) is 0 Å². The number of ether oxygens (including phenoxy) is 1. The monoisotopic (exact) mass is 315 g/mol. The van der Waals surface area contributed by atoms with Gasteiger partial charge in [-0.3, -0.25) is 0 Å². The standard InChI is InChI=1S/C12H8BrClFNO/c13-9-5-10(14)11(15)6-12(9)17-8-3-1-2-7(16)4-8/h1-6H,16H2. The van der Waals surface area contributed by atoms with Crippen molar-refractivity contribution in [1.29, 1.82) is 0 Å². The number of rotatable bonds is 2. The van der Waals surface area contributed by atoms with Crippen LogP contribution >= 0.6 is 27.5 Å². The highest BCUT2D eigenvalue weighted by Crippen LogP contribution is 2.34. The molecule has 2 rings (SSSR count). The van der Waals surface area contributed by atoms with Crippen LogP contribution in [0, 0.1) is 5.82 Å². The number of benzene rings is 2. The van der Waals surface area contributed by atoms with Gasteiger partial charge in [0.05, 0.1) is 9.50 Å². The van der Waals surface area contributed by atoms with E-state index in [1.807, 2.05) is 0 Å². The molecule has 0 atom stereocenters. The summed E-state index contributed by atoms with van der Waals surface area (Å²) in [5.41, 5.74) is 6.19. The van der Waals surface area contributed by atoms with Gasteiger partial charge in [-0.15, -0.1) is 0 Å². The van der Waals surface area contributed by atoms with Gasteiger partial charge in [0, 0.05) is 17.8 Å². The van der Waals surface area contributed by atoms with Gasteiger partial charge in [-0.1, -0.05) is 17.7 Å². The van der Waals surface area contributed by atoms with E-state index in [9.17, 15) is 4.39 Å². The Hall–Kier alpha value is -1.26. The summed E-state index contributed by atoms with van der Waals surface area (Å²) in [6, 6.07) is 9.54. The average Bonchev–Trinajstić information content (AvgIpc) is 2.26. The zero-order chi connectivity index (χ0) is 12.4. The topological polar surface area (TPSA) is 35.2 Å². The Morgan fingerprint density at radius 2 is 2.00 bits per heavy atom. The van der Waals surface area contributed by atoms with Gasteiger partial charge in [-0.25, -0.2) is 4.39 Å². The second-order valence-corrected chi connectivity index (χ2v) is 4.63. The smallest absolute Gasteiger partial charge is 0.145 e. The third kappa shape index (κ3) is 2.90. The highest BCUT2D eigenvalue weighted by molar-refractivity contribution is 9.10. The Balaban J connectivity index is 2.33. The van der Waals surface area contributed by atoms with Gasteiger partial charge in [-0.05, 0) is 34.1 Å². The van der Waals surface area contributed by atoms with E-state index in [0.29, 0.717) is 21.7 Å². The largest absolute Gasteiger partial charge is 0.456 e. The number of anilines is 1. The molecule has 0 radical (unpaired) electrons. The molecule has 0 heterocycles. The molecule has 0 aromatic heterocycles. The van der Waals surface area contributed by atoms with Gasteiger partial charge in [-0.2, -0.15) is 0 Å². The van der Waals surface area contributed by atoms with Crippen LogP contribution in [0.5, 0.6) is 11.5 Å². The molecule has 2 nitrogen and oxygen atoms in total. The fourth-order valence-corrected chi connectivity index (χ4v) is 2.01. The molecule has 88 valence electrons. The van der Waals surface area contributed by atoms with Crippen LogP contribution in [-0.4, -0.2) is 0 Å². The van der Waals surface area contributed by atoms with Crippen LogP contribution in [-0.2, 0) is 0 Å². The maximum atomic E-state index is 13.3. The molecule has 17 heavy (non-hydrogen) atoms. The first-order chi connectivity index (χ1) is 8.06. The van der Waals surface area contributed by atoms with Crippen LogP contribution in [0.1, 0.15) is 0 Å². The zero-order valence-corrected chi connectivity index (χ0v) is 10.9. The van der Waals surface area contributed by atoms with Gasteiger partial charge in [0.2, 0.25) is 0 Å². The maximum Gasteiger partial charge on any atom is 0.145 e. The van der Waals surface area contributed by atoms with Crippen LogP contribution in [0.4, 0.5) is 10.1 Å². The first-order valence-corrected chi connectivity index (χ1v) is 5.91. The first kappa shape index (κ1) is 12.2. The lowest BCUT2D eigenvalue weighted by Crippen LogP contribution is -1.90. The molecule has 0 spiro atoms. The summed E-state index contributed by atoms with van der Waals surface area (Å²) >= 11 is 8.88. The van der Waals surface area contributed by atoms with Crippen molar-refractivity contribution in [1.82, 2.24) is 0 Å². The minimum Gasteiger partial charge on any atom is -0.456 e. The van der Waals surface area contributed by atoms with Crippen molar-refractivity contribution < 1.29 is 9.13 Å².